The summed E-state index contributed by atoms with van der Waals surface area (Å²) in [6.45, 7) is 2.98. The first kappa shape index (κ1) is 14.5. The van der Waals surface area contributed by atoms with E-state index in [4.69, 9.17) is 32.7 Å². The second kappa shape index (κ2) is 6.14. The van der Waals surface area contributed by atoms with Gasteiger partial charge in [-0.1, -0.05) is 35.3 Å². The van der Waals surface area contributed by atoms with Gasteiger partial charge in [-0.3, -0.25) is 0 Å². The lowest BCUT2D eigenvalue weighted by Gasteiger charge is -2.16. The molecule has 0 aliphatic carbocycles. The van der Waals surface area contributed by atoms with Gasteiger partial charge in [0.1, 0.15) is 0 Å². The van der Waals surface area contributed by atoms with Gasteiger partial charge in [-0.15, -0.1) is 0 Å². The fourth-order valence-electron chi connectivity index (χ4n) is 2.26. The number of benzene rings is 2. The summed E-state index contributed by atoms with van der Waals surface area (Å²) < 4.78 is 10.7. The van der Waals surface area contributed by atoms with Gasteiger partial charge in [-0.25, -0.2) is 0 Å². The highest BCUT2D eigenvalue weighted by Crippen LogP contribution is 2.34. The van der Waals surface area contributed by atoms with E-state index in [-0.39, 0.29) is 12.8 Å². The lowest BCUT2D eigenvalue weighted by Crippen LogP contribution is -2.18. The summed E-state index contributed by atoms with van der Waals surface area (Å²) in [7, 11) is 0. The molecule has 0 saturated carbocycles. The van der Waals surface area contributed by atoms with Crippen molar-refractivity contribution in [3.63, 3.8) is 0 Å². The van der Waals surface area contributed by atoms with Crippen molar-refractivity contribution in [2.45, 2.75) is 19.5 Å². The van der Waals surface area contributed by atoms with Crippen LogP contribution in [0.25, 0.3) is 0 Å². The molecule has 1 heterocycles. The van der Waals surface area contributed by atoms with Crippen LogP contribution >= 0.6 is 23.2 Å². The summed E-state index contributed by atoms with van der Waals surface area (Å²) >= 11 is 12.3. The van der Waals surface area contributed by atoms with Crippen molar-refractivity contribution in [2.75, 3.05) is 6.79 Å². The van der Waals surface area contributed by atoms with Crippen molar-refractivity contribution < 1.29 is 9.47 Å². The molecule has 1 aliphatic heterocycles. The van der Waals surface area contributed by atoms with E-state index in [2.05, 4.69) is 12.2 Å². The fraction of sp³-hybridized carbons (Fsp3) is 0.250. The van der Waals surface area contributed by atoms with E-state index in [0.29, 0.717) is 16.6 Å². The van der Waals surface area contributed by atoms with Crippen LogP contribution in [0.2, 0.25) is 10.0 Å². The summed E-state index contributed by atoms with van der Waals surface area (Å²) in [6.07, 6.45) is 0. The van der Waals surface area contributed by atoms with Crippen molar-refractivity contribution in [3.8, 4) is 11.5 Å². The van der Waals surface area contributed by atoms with Gasteiger partial charge in [0.05, 0.1) is 0 Å². The molecule has 0 amide bonds. The van der Waals surface area contributed by atoms with Crippen molar-refractivity contribution in [2.24, 2.45) is 0 Å². The third-order valence-corrected chi connectivity index (χ3v) is 4.25. The molecule has 0 aromatic heterocycles. The minimum atomic E-state index is 0.145. The molecular formula is C16H15Cl2NO2. The number of fused-ring (bicyclic) bond motifs is 1. The van der Waals surface area contributed by atoms with Gasteiger partial charge < -0.3 is 14.8 Å². The van der Waals surface area contributed by atoms with E-state index < -0.39 is 0 Å². The van der Waals surface area contributed by atoms with E-state index in [1.807, 2.05) is 36.4 Å². The highest BCUT2D eigenvalue weighted by molar-refractivity contribution is 6.35. The molecule has 0 fully saturated rings. The van der Waals surface area contributed by atoms with Gasteiger partial charge >= 0.3 is 0 Å². The smallest absolute Gasteiger partial charge is 0.231 e. The highest BCUT2D eigenvalue weighted by Gasteiger charge is 2.16. The van der Waals surface area contributed by atoms with E-state index in [1.165, 1.54) is 0 Å². The maximum absolute atomic E-state index is 6.17. The Bertz CT molecular complexity index is 640. The SMILES string of the molecule is CC(NCc1c(Cl)cccc1Cl)c1ccc2c(c1)OCO2. The quantitative estimate of drug-likeness (QED) is 0.893. The van der Waals surface area contributed by atoms with E-state index >= 15 is 0 Å². The van der Waals surface area contributed by atoms with Crippen LogP contribution in [0.5, 0.6) is 11.5 Å². The van der Waals surface area contributed by atoms with Crippen molar-refractivity contribution in [1.82, 2.24) is 5.32 Å². The predicted octanol–water partition coefficient (Wildman–Crippen LogP) is 4.57. The van der Waals surface area contributed by atoms with Crippen LogP contribution in [0.1, 0.15) is 24.1 Å². The second-order valence-corrected chi connectivity index (χ2v) is 5.73. The zero-order chi connectivity index (χ0) is 14.8. The van der Waals surface area contributed by atoms with E-state index in [1.54, 1.807) is 0 Å². The third-order valence-electron chi connectivity index (χ3n) is 3.54. The molecule has 1 N–H and O–H groups in total. The lowest BCUT2D eigenvalue weighted by molar-refractivity contribution is 0.174. The van der Waals surface area contributed by atoms with Crippen molar-refractivity contribution in [3.05, 3.63) is 57.6 Å². The number of ether oxygens (including phenoxy) is 2. The zero-order valence-electron chi connectivity index (χ0n) is 11.5. The molecule has 0 saturated heterocycles. The van der Waals surface area contributed by atoms with Gasteiger partial charge in [0, 0.05) is 28.2 Å². The van der Waals surface area contributed by atoms with Crippen LogP contribution in [0.15, 0.2) is 36.4 Å². The first-order chi connectivity index (χ1) is 10.1. The normalized spacial score (nSPS) is 14.2. The molecule has 110 valence electrons. The van der Waals surface area contributed by atoms with Crippen LogP contribution in [-0.4, -0.2) is 6.79 Å². The molecule has 3 nitrogen and oxygen atoms in total. The Morgan fingerprint density at radius 1 is 1.10 bits per heavy atom. The number of hydrogen-bond acceptors (Lipinski definition) is 3. The van der Waals surface area contributed by atoms with Crippen LogP contribution < -0.4 is 14.8 Å². The summed E-state index contributed by atoms with van der Waals surface area (Å²) in [5, 5.41) is 4.77. The zero-order valence-corrected chi connectivity index (χ0v) is 13.0. The van der Waals surface area contributed by atoms with Gasteiger partial charge in [-0.2, -0.15) is 0 Å². The molecule has 3 rings (SSSR count). The summed E-state index contributed by atoms with van der Waals surface area (Å²) in [5.74, 6) is 1.58. The van der Waals surface area contributed by atoms with E-state index in [9.17, 15) is 0 Å². The minimum absolute atomic E-state index is 0.145. The van der Waals surface area contributed by atoms with Crippen LogP contribution in [0.4, 0.5) is 0 Å². The largest absolute Gasteiger partial charge is 0.454 e. The number of halogens is 2. The summed E-state index contributed by atoms with van der Waals surface area (Å²) in [5.41, 5.74) is 2.04. The first-order valence-electron chi connectivity index (χ1n) is 6.71. The molecule has 5 heteroatoms. The Morgan fingerprint density at radius 3 is 2.57 bits per heavy atom. The lowest BCUT2D eigenvalue weighted by atomic mass is 10.1. The van der Waals surface area contributed by atoms with E-state index in [0.717, 1.165) is 22.6 Å². The Hall–Kier alpha value is -1.42. The maximum Gasteiger partial charge on any atom is 0.231 e. The number of rotatable bonds is 4. The van der Waals surface area contributed by atoms with Crippen LogP contribution in [-0.2, 0) is 6.54 Å². The molecule has 0 bridgehead atoms. The van der Waals surface area contributed by atoms with Gasteiger partial charge in [0.15, 0.2) is 11.5 Å². The van der Waals surface area contributed by atoms with Crippen LogP contribution in [0, 0.1) is 0 Å². The Labute approximate surface area is 133 Å². The van der Waals surface area contributed by atoms with Gasteiger partial charge in [0.2, 0.25) is 6.79 Å². The highest BCUT2D eigenvalue weighted by atomic mass is 35.5. The molecule has 2 aromatic carbocycles. The fourth-order valence-corrected chi connectivity index (χ4v) is 2.79. The molecule has 1 atom stereocenters. The standard InChI is InChI=1S/C16H15Cl2NO2/c1-10(11-5-6-15-16(7-11)21-9-20-15)19-8-12-13(17)3-2-4-14(12)18/h2-7,10,19H,8-9H2,1H3. The average Bonchev–Trinajstić information content (AvgIpc) is 2.93. The topological polar surface area (TPSA) is 30.5 Å². The molecule has 0 radical (unpaired) electrons. The molecule has 0 spiro atoms. The minimum Gasteiger partial charge on any atom is -0.454 e. The van der Waals surface area contributed by atoms with Gasteiger partial charge in [0.25, 0.3) is 0 Å². The Kier molecular flexibility index (Phi) is 4.24. The van der Waals surface area contributed by atoms with Crippen LogP contribution in [0.3, 0.4) is 0 Å². The second-order valence-electron chi connectivity index (χ2n) is 4.92. The van der Waals surface area contributed by atoms with Crippen molar-refractivity contribution in [1.29, 1.82) is 0 Å². The molecule has 1 unspecified atom stereocenters. The Morgan fingerprint density at radius 2 is 1.81 bits per heavy atom. The third kappa shape index (κ3) is 3.10. The molecule has 1 aliphatic rings. The number of nitrogens with one attached hydrogen (secondary N) is 1. The monoisotopic (exact) mass is 323 g/mol. The Balaban J connectivity index is 1.70. The molecule has 21 heavy (non-hydrogen) atoms. The number of hydrogen-bond donors (Lipinski definition) is 1. The van der Waals surface area contributed by atoms with Gasteiger partial charge in [-0.05, 0) is 36.8 Å². The molecular weight excluding hydrogens is 309 g/mol. The van der Waals surface area contributed by atoms with Crippen molar-refractivity contribution >= 4 is 23.2 Å². The molecule has 2 aromatic rings. The predicted molar refractivity (Wildman–Crippen MR) is 84.3 cm³/mol. The summed E-state index contributed by atoms with van der Waals surface area (Å²) in [6, 6.07) is 11.6. The summed E-state index contributed by atoms with van der Waals surface area (Å²) in [4.78, 5) is 0. The maximum atomic E-state index is 6.17. The average molecular weight is 324 g/mol. The first-order valence-corrected chi connectivity index (χ1v) is 7.46.